The second kappa shape index (κ2) is 4.52. The Morgan fingerprint density at radius 3 is 2.26 bits per heavy atom. The molecule has 0 N–H and O–H groups in total. The number of fused-ring (bicyclic) bond motifs is 3. The highest BCUT2D eigenvalue weighted by molar-refractivity contribution is 6.67. The van der Waals surface area contributed by atoms with Crippen LogP contribution in [0, 0.1) is 6.92 Å². The SMILES string of the molecule is Cc1ccc2nc(C(Cl)(Cl)Cl)c3ccccc3c2c1. The lowest BCUT2D eigenvalue weighted by Crippen LogP contribution is -2.05. The van der Waals surface area contributed by atoms with Crippen LogP contribution in [0.1, 0.15) is 11.3 Å². The highest BCUT2D eigenvalue weighted by Gasteiger charge is 2.27. The molecule has 3 rings (SSSR count). The molecule has 0 saturated heterocycles. The van der Waals surface area contributed by atoms with Gasteiger partial charge in [-0.25, -0.2) is 4.98 Å². The van der Waals surface area contributed by atoms with Crippen LogP contribution in [0.4, 0.5) is 0 Å². The molecule has 0 fully saturated rings. The minimum absolute atomic E-state index is 0.476. The standard InChI is InChI=1S/C15H10Cl3N/c1-9-6-7-13-12(8-9)10-4-2-3-5-11(10)14(19-13)15(16,17)18/h2-8H,1H3. The molecule has 0 amide bonds. The third-order valence-electron chi connectivity index (χ3n) is 3.13. The molecule has 0 spiro atoms. The van der Waals surface area contributed by atoms with Gasteiger partial charge in [0.05, 0.1) is 5.52 Å². The smallest absolute Gasteiger partial charge is 0.233 e. The van der Waals surface area contributed by atoms with Gasteiger partial charge < -0.3 is 0 Å². The topological polar surface area (TPSA) is 12.9 Å². The molecule has 0 aliphatic rings. The van der Waals surface area contributed by atoms with Crippen molar-refractivity contribution in [3.05, 3.63) is 53.7 Å². The predicted octanol–water partition coefficient (Wildman–Crippen LogP) is 5.52. The molecule has 2 aromatic carbocycles. The Labute approximate surface area is 126 Å². The summed E-state index contributed by atoms with van der Waals surface area (Å²) in [6.45, 7) is 2.05. The maximum atomic E-state index is 6.04. The summed E-state index contributed by atoms with van der Waals surface area (Å²) in [4.78, 5) is 4.52. The van der Waals surface area contributed by atoms with E-state index in [0.29, 0.717) is 5.69 Å². The van der Waals surface area contributed by atoms with Gasteiger partial charge in [-0.05, 0) is 24.4 Å². The Kier molecular flexibility index (Phi) is 3.09. The third-order valence-corrected chi connectivity index (χ3v) is 3.66. The van der Waals surface area contributed by atoms with Gasteiger partial charge in [0.15, 0.2) is 0 Å². The van der Waals surface area contributed by atoms with Gasteiger partial charge in [0.1, 0.15) is 5.69 Å². The molecule has 0 bridgehead atoms. The van der Waals surface area contributed by atoms with Crippen LogP contribution in [-0.4, -0.2) is 4.98 Å². The monoisotopic (exact) mass is 309 g/mol. The van der Waals surface area contributed by atoms with Crippen molar-refractivity contribution in [3.8, 4) is 0 Å². The summed E-state index contributed by atoms with van der Waals surface area (Å²) in [5.74, 6) is 0. The van der Waals surface area contributed by atoms with Crippen molar-refractivity contribution < 1.29 is 0 Å². The van der Waals surface area contributed by atoms with Crippen LogP contribution in [0.5, 0.6) is 0 Å². The van der Waals surface area contributed by atoms with Crippen LogP contribution >= 0.6 is 34.8 Å². The third kappa shape index (κ3) is 2.27. The predicted molar refractivity (Wildman–Crippen MR) is 83.2 cm³/mol. The van der Waals surface area contributed by atoms with Gasteiger partial charge in [0.25, 0.3) is 0 Å². The summed E-state index contributed by atoms with van der Waals surface area (Å²) in [6.07, 6.45) is 0. The first kappa shape index (κ1) is 13.0. The fourth-order valence-corrected chi connectivity index (χ4v) is 2.72. The van der Waals surface area contributed by atoms with Gasteiger partial charge in [-0.3, -0.25) is 0 Å². The largest absolute Gasteiger partial charge is 0.248 e. The quantitative estimate of drug-likeness (QED) is 0.393. The van der Waals surface area contributed by atoms with E-state index in [0.717, 1.165) is 21.7 Å². The molecule has 1 aromatic heterocycles. The Morgan fingerprint density at radius 1 is 0.895 bits per heavy atom. The number of alkyl halides is 3. The van der Waals surface area contributed by atoms with E-state index in [9.17, 15) is 0 Å². The fourth-order valence-electron chi connectivity index (χ4n) is 2.28. The maximum absolute atomic E-state index is 6.04. The number of aromatic nitrogens is 1. The summed E-state index contributed by atoms with van der Waals surface area (Å²) in [6, 6.07) is 13.9. The molecular formula is C15H10Cl3N. The lowest BCUT2D eigenvalue weighted by Gasteiger charge is -2.15. The summed E-state index contributed by atoms with van der Waals surface area (Å²) >= 11 is 18.1. The lowest BCUT2D eigenvalue weighted by atomic mass is 10.0. The van der Waals surface area contributed by atoms with Gasteiger partial charge in [0, 0.05) is 10.8 Å². The Hall–Kier alpha value is -1.02. The van der Waals surface area contributed by atoms with Crippen LogP contribution in [0.15, 0.2) is 42.5 Å². The minimum Gasteiger partial charge on any atom is -0.248 e. The van der Waals surface area contributed by atoms with Crippen LogP contribution in [0.2, 0.25) is 0 Å². The van der Waals surface area contributed by atoms with E-state index in [1.54, 1.807) is 0 Å². The summed E-state index contributed by atoms with van der Waals surface area (Å²) in [5, 5.41) is 3.01. The molecule has 0 aliphatic heterocycles. The Morgan fingerprint density at radius 2 is 1.58 bits per heavy atom. The second-order valence-corrected chi connectivity index (χ2v) is 6.81. The number of halogens is 3. The van der Waals surface area contributed by atoms with Gasteiger partial charge in [-0.2, -0.15) is 0 Å². The average Bonchev–Trinajstić information content (AvgIpc) is 2.37. The Balaban J connectivity index is 2.54. The lowest BCUT2D eigenvalue weighted by molar-refractivity contribution is 1.14. The van der Waals surface area contributed by atoms with E-state index < -0.39 is 3.79 Å². The summed E-state index contributed by atoms with van der Waals surface area (Å²) < 4.78 is -1.53. The first-order chi connectivity index (χ1) is 8.97. The van der Waals surface area contributed by atoms with E-state index in [4.69, 9.17) is 34.8 Å². The molecular weight excluding hydrogens is 301 g/mol. The van der Waals surface area contributed by atoms with E-state index in [-0.39, 0.29) is 0 Å². The van der Waals surface area contributed by atoms with Crippen LogP contribution in [0.3, 0.4) is 0 Å². The number of rotatable bonds is 0. The number of aryl methyl sites for hydroxylation is 1. The normalized spacial score (nSPS) is 12.2. The zero-order valence-electron chi connectivity index (χ0n) is 10.1. The molecule has 0 aliphatic carbocycles. The van der Waals surface area contributed by atoms with Gasteiger partial charge in [0.2, 0.25) is 3.79 Å². The zero-order chi connectivity index (χ0) is 13.6. The number of nitrogens with zero attached hydrogens (tertiary/aromatic N) is 1. The summed E-state index contributed by atoms with van der Waals surface area (Å²) in [5.41, 5.74) is 2.50. The highest BCUT2D eigenvalue weighted by Crippen LogP contribution is 2.42. The molecule has 96 valence electrons. The Bertz CT molecular complexity index is 775. The maximum Gasteiger partial charge on any atom is 0.233 e. The van der Waals surface area contributed by atoms with Crippen molar-refractivity contribution in [2.24, 2.45) is 0 Å². The fraction of sp³-hybridized carbons (Fsp3) is 0.133. The molecule has 1 nitrogen and oxygen atoms in total. The zero-order valence-corrected chi connectivity index (χ0v) is 12.4. The van der Waals surface area contributed by atoms with Crippen LogP contribution < -0.4 is 0 Å². The number of hydrogen-bond acceptors (Lipinski definition) is 1. The molecule has 4 heteroatoms. The molecule has 0 unspecified atom stereocenters. The molecule has 0 saturated carbocycles. The number of hydrogen-bond donors (Lipinski definition) is 0. The number of pyridine rings is 1. The van der Waals surface area contributed by atoms with Crippen molar-refractivity contribution in [2.45, 2.75) is 10.7 Å². The first-order valence-electron chi connectivity index (χ1n) is 5.83. The van der Waals surface area contributed by atoms with Crippen LogP contribution in [-0.2, 0) is 3.79 Å². The second-order valence-electron chi connectivity index (χ2n) is 4.52. The van der Waals surface area contributed by atoms with Crippen molar-refractivity contribution in [1.29, 1.82) is 0 Å². The van der Waals surface area contributed by atoms with Crippen molar-refractivity contribution in [2.75, 3.05) is 0 Å². The van der Waals surface area contributed by atoms with E-state index in [1.165, 1.54) is 5.56 Å². The van der Waals surface area contributed by atoms with Gasteiger partial charge in [-0.1, -0.05) is 70.7 Å². The van der Waals surface area contributed by atoms with Crippen molar-refractivity contribution >= 4 is 56.5 Å². The van der Waals surface area contributed by atoms with Crippen molar-refractivity contribution in [3.63, 3.8) is 0 Å². The van der Waals surface area contributed by atoms with Gasteiger partial charge >= 0.3 is 0 Å². The van der Waals surface area contributed by atoms with E-state index in [1.807, 2.05) is 36.4 Å². The average molecular weight is 311 g/mol. The molecule has 19 heavy (non-hydrogen) atoms. The van der Waals surface area contributed by atoms with E-state index >= 15 is 0 Å². The van der Waals surface area contributed by atoms with Crippen LogP contribution in [0.25, 0.3) is 21.7 Å². The van der Waals surface area contributed by atoms with Gasteiger partial charge in [-0.15, -0.1) is 0 Å². The number of benzene rings is 2. The van der Waals surface area contributed by atoms with Crippen molar-refractivity contribution in [1.82, 2.24) is 4.98 Å². The molecule has 0 radical (unpaired) electrons. The summed E-state index contributed by atoms with van der Waals surface area (Å²) in [7, 11) is 0. The minimum atomic E-state index is -1.53. The molecule has 0 atom stereocenters. The molecule has 1 heterocycles. The molecule has 3 aromatic rings. The van der Waals surface area contributed by atoms with E-state index in [2.05, 4.69) is 18.0 Å². The highest BCUT2D eigenvalue weighted by atomic mass is 35.6. The first-order valence-corrected chi connectivity index (χ1v) is 6.96.